The van der Waals surface area contributed by atoms with Gasteiger partial charge in [-0.15, -0.1) is 0 Å². The molecular weight excluding hydrogens is 136 g/mol. The van der Waals surface area contributed by atoms with Crippen LogP contribution in [0.3, 0.4) is 0 Å². The van der Waals surface area contributed by atoms with Gasteiger partial charge in [-0.3, -0.25) is 0 Å². The molecule has 0 heterocycles. The summed E-state index contributed by atoms with van der Waals surface area (Å²) in [5.74, 6) is 0. The van der Waals surface area contributed by atoms with E-state index in [4.69, 9.17) is 0 Å². The molecule has 0 aliphatic heterocycles. The molecule has 1 aliphatic rings. The summed E-state index contributed by atoms with van der Waals surface area (Å²) < 4.78 is 0. The Bertz CT molecular complexity index is 80.9. The Morgan fingerprint density at radius 3 is 2.64 bits per heavy atom. The second-order valence-corrected chi connectivity index (χ2v) is 3.51. The molecule has 0 spiro atoms. The summed E-state index contributed by atoms with van der Waals surface area (Å²) in [4.78, 5) is 0. The van der Waals surface area contributed by atoms with Crippen molar-refractivity contribution in [1.29, 1.82) is 0 Å². The van der Waals surface area contributed by atoms with Gasteiger partial charge >= 0.3 is 0 Å². The smallest absolute Gasteiger partial charge is 0.0540 e. The van der Waals surface area contributed by atoms with Gasteiger partial charge in [-0.2, -0.15) is 0 Å². The van der Waals surface area contributed by atoms with Crippen LogP contribution in [-0.4, -0.2) is 11.2 Å². The van der Waals surface area contributed by atoms with Crippen LogP contribution in [0.15, 0.2) is 0 Å². The molecule has 0 amide bonds. The van der Waals surface area contributed by atoms with E-state index in [9.17, 15) is 5.11 Å². The maximum absolute atomic E-state index is 9.41. The average Bonchev–Trinajstić information content (AvgIpc) is 2.03. The van der Waals surface area contributed by atoms with Gasteiger partial charge in [0.05, 0.1) is 6.10 Å². The van der Waals surface area contributed by atoms with Crippen LogP contribution < -0.4 is 0 Å². The predicted molar refractivity (Wildman–Crippen MR) is 47.2 cm³/mol. The van der Waals surface area contributed by atoms with E-state index in [1.165, 1.54) is 32.1 Å². The van der Waals surface area contributed by atoms with Crippen molar-refractivity contribution in [3.05, 3.63) is 6.42 Å². The van der Waals surface area contributed by atoms with Gasteiger partial charge in [0.1, 0.15) is 0 Å². The monoisotopic (exact) mass is 155 g/mol. The fraction of sp³-hybridized carbons (Fsp3) is 0.900. The molecule has 1 aliphatic carbocycles. The molecule has 1 nitrogen and oxygen atoms in total. The second kappa shape index (κ2) is 5.59. The predicted octanol–water partition coefficient (Wildman–Crippen LogP) is 2.69. The van der Waals surface area contributed by atoms with E-state index < -0.39 is 0 Å². The zero-order valence-electron chi connectivity index (χ0n) is 7.26. The fourth-order valence-corrected chi connectivity index (χ4v) is 1.62. The maximum Gasteiger partial charge on any atom is 0.0540 e. The standard InChI is InChI=1S/C10H19O/c11-10-8-6-4-2-1-3-5-7-9-10/h4,10-11H,1-3,5-9H2. The van der Waals surface area contributed by atoms with Gasteiger partial charge in [0.2, 0.25) is 0 Å². The Hall–Kier alpha value is -0.0400. The molecule has 0 bridgehead atoms. The van der Waals surface area contributed by atoms with Crippen molar-refractivity contribution in [1.82, 2.24) is 0 Å². The van der Waals surface area contributed by atoms with E-state index in [0.717, 1.165) is 19.3 Å². The van der Waals surface area contributed by atoms with Crippen LogP contribution in [0.1, 0.15) is 51.4 Å². The highest BCUT2D eigenvalue weighted by Gasteiger charge is 2.05. The summed E-state index contributed by atoms with van der Waals surface area (Å²) in [6.45, 7) is 0. The highest BCUT2D eigenvalue weighted by molar-refractivity contribution is 4.69. The lowest BCUT2D eigenvalue weighted by Crippen LogP contribution is -2.06. The third-order valence-electron chi connectivity index (χ3n) is 2.40. The van der Waals surface area contributed by atoms with Gasteiger partial charge in [0, 0.05) is 0 Å². The number of aliphatic hydroxyl groups excluding tert-OH is 1. The van der Waals surface area contributed by atoms with Crippen LogP contribution in [0, 0.1) is 6.42 Å². The highest BCUT2D eigenvalue weighted by Crippen LogP contribution is 2.15. The van der Waals surface area contributed by atoms with Gasteiger partial charge in [-0.05, 0) is 25.7 Å². The summed E-state index contributed by atoms with van der Waals surface area (Å²) in [7, 11) is 0. The Balaban J connectivity index is 2.12. The minimum atomic E-state index is -0.0238. The van der Waals surface area contributed by atoms with Gasteiger partial charge < -0.3 is 5.11 Å². The van der Waals surface area contributed by atoms with E-state index >= 15 is 0 Å². The zero-order chi connectivity index (χ0) is 7.94. The van der Waals surface area contributed by atoms with Crippen LogP contribution in [0.5, 0.6) is 0 Å². The molecule has 1 saturated carbocycles. The maximum atomic E-state index is 9.41. The average molecular weight is 155 g/mol. The van der Waals surface area contributed by atoms with Crippen molar-refractivity contribution < 1.29 is 5.11 Å². The van der Waals surface area contributed by atoms with E-state index in [1.54, 1.807) is 0 Å². The van der Waals surface area contributed by atoms with Gasteiger partial charge in [0.25, 0.3) is 0 Å². The van der Waals surface area contributed by atoms with Gasteiger partial charge in [-0.1, -0.05) is 32.1 Å². The molecule has 1 heteroatoms. The number of hydrogen-bond acceptors (Lipinski definition) is 1. The van der Waals surface area contributed by atoms with Gasteiger partial charge in [-0.25, -0.2) is 0 Å². The first-order valence-electron chi connectivity index (χ1n) is 4.89. The quantitative estimate of drug-likeness (QED) is 0.570. The minimum Gasteiger partial charge on any atom is -0.393 e. The summed E-state index contributed by atoms with van der Waals surface area (Å²) in [5, 5.41) is 9.41. The topological polar surface area (TPSA) is 20.2 Å². The number of aliphatic hydroxyl groups is 1. The Morgan fingerprint density at radius 2 is 1.73 bits per heavy atom. The number of hydrogen-bond donors (Lipinski definition) is 1. The Morgan fingerprint density at radius 1 is 0.909 bits per heavy atom. The molecule has 1 unspecified atom stereocenters. The molecule has 0 aromatic carbocycles. The molecule has 11 heavy (non-hydrogen) atoms. The summed E-state index contributed by atoms with van der Waals surface area (Å²) in [5.41, 5.74) is 0. The first-order chi connectivity index (χ1) is 5.39. The van der Waals surface area contributed by atoms with Crippen LogP contribution in [0.25, 0.3) is 0 Å². The highest BCUT2D eigenvalue weighted by atomic mass is 16.3. The first-order valence-corrected chi connectivity index (χ1v) is 4.89. The van der Waals surface area contributed by atoms with Crippen molar-refractivity contribution in [3.8, 4) is 0 Å². The lowest BCUT2D eigenvalue weighted by atomic mass is 9.99. The van der Waals surface area contributed by atoms with Crippen molar-refractivity contribution in [2.75, 3.05) is 0 Å². The third-order valence-corrected chi connectivity index (χ3v) is 2.40. The SMILES string of the molecule is OC1CC[CH]CCCCCC1. The van der Waals surface area contributed by atoms with E-state index in [1.807, 2.05) is 0 Å². The van der Waals surface area contributed by atoms with Crippen LogP contribution in [0.2, 0.25) is 0 Å². The molecule has 65 valence electrons. The Kier molecular flexibility index (Phi) is 4.60. The van der Waals surface area contributed by atoms with Crippen LogP contribution in [-0.2, 0) is 0 Å². The molecule has 1 N–H and O–H groups in total. The van der Waals surface area contributed by atoms with Crippen molar-refractivity contribution in [2.45, 2.75) is 57.5 Å². The lowest BCUT2D eigenvalue weighted by molar-refractivity contribution is 0.149. The summed E-state index contributed by atoms with van der Waals surface area (Å²) in [6, 6.07) is 0. The van der Waals surface area contributed by atoms with Crippen LogP contribution >= 0.6 is 0 Å². The van der Waals surface area contributed by atoms with Crippen molar-refractivity contribution >= 4 is 0 Å². The largest absolute Gasteiger partial charge is 0.393 e. The van der Waals surface area contributed by atoms with Gasteiger partial charge in [0.15, 0.2) is 0 Å². The van der Waals surface area contributed by atoms with Crippen molar-refractivity contribution in [3.63, 3.8) is 0 Å². The van der Waals surface area contributed by atoms with E-state index in [2.05, 4.69) is 6.42 Å². The summed E-state index contributed by atoms with van der Waals surface area (Å²) >= 11 is 0. The van der Waals surface area contributed by atoms with Crippen LogP contribution in [0.4, 0.5) is 0 Å². The molecule has 1 rings (SSSR count). The fourth-order valence-electron chi connectivity index (χ4n) is 1.62. The summed E-state index contributed by atoms with van der Waals surface area (Å²) in [6.07, 6.45) is 11.9. The molecule has 1 fully saturated rings. The van der Waals surface area contributed by atoms with E-state index in [0.29, 0.717) is 0 Å². The first kappa shape index (κ1) is 9.05. The van der Waals surface area contributed by atoms with E-state index in [-0.39, 0.29) is 6.10 Å². The minimum absolute atomic E-state index is 0.0238. The lowest BCUT2D eigenvalue weighted by Gasteiger charge is -2.12. The zero-order valence-corrected chi connectivity index (χ0v) is 7.26. The molecule has 0 saturated heterocycles. The molecule has 1 atom stereocenters. The Labute approximate surface area is 69.8 Å². The van der Waals surface area contributed by atoms with Crippen molar-refractivity contribution in [2.24, 2.45) is 0 Å². The third kappa shape index (κ3) is 4.41. The molecular formula is C10H19O. The molecule has 1 radical (unpaired) electrons. The number of rotatable bonds is 0. The molecule has 0 aromatic rings. The second-order valence-electron chi connectivity index (χ2n) is 3.51. The normalized spacial score (nSPS) is 24.8. The molecule has 0 aromatic heterocycles.